The summed E-state index contributed by atoms with van der Waals surface area (Å²) in [5, 5.41) is 0.522. The van der Waals surface area contributed by atoms with Gasteiger partial charge in [-0.1, -0.05) is 11.6 Å². The number of aliphatic imine (C=N–C) groups is 1. The van der Waals surface area contributed by atoms with Crippen LogP contribution in [0, 0.1) is 0 Å². The number of benzene rings is 2. The number of halogens is 1. The van der Waals surface area contributed by atoms with Crippen molar-refractivity contribution < 1.29 is 19.0 Å². The number of methoxy groups -OCH3 is 3. The Labute approximate surface area is 226 Å². The van der Waals surface area contributed by atoms with Crippen molar-refractivity contribution in [1.29, 1.82) is 0 Å². The fraction of sp³-hybridized carbons (Fsp3) is 0.333. The number of carbonyl (C=O) groups excluding carboxylic acids is 1. The van der Waals surface area contributed by atoms with Gasteiger partial charge in [0.05, 0.1) is 33.7 Å². The quantitative estimate of drug-likeness (QED) is 0.461. The lowest BCUT2D eigenvalue weighted by Gasteiger charge is -2.23. The molecule has 38 heavy (non-hydrogen) atoms. The molecule has 198 valence electrons. The first-order chi connectivity index (χ1) is 18.4. The molecule has 0 atom stereocenters. The number of amides is 1. The molecule has 0 aliphatic carbocycles. The van der Waals surface area contributed by atoms with Crippen LogP contribution in [0.4, 0.5) is 17.5 Å². The van der Waals surface area contributed by atoms with Gasteiger partial charge in [-0.2, -0.15) is 4.98 Å². The highest BCUT2D eigenvalue weighted by Crippen LogP contribution is 2.39. The molecule has 3 heterocycles. The van der Waals surface area contributed by atoms with Gasteiger partial charge in [-0.15, -0.1) is 0 Å². The smallest absolute Gasteiger partial charge is 0.278 e. The molecule has 3 aromatic rings. The number of fused-ring (bicyclic) bond motifs is 1. The Bertz CT molecular complexity index is 1380. The van der Waals surface area contributed by atoms with Gasteiger partial charge in [0.15, 0.2) is 11.5 Å². The van der Waals surface area contributed by atoms with Gasteiger partial charge in [-0.25, -0.2) is 9.98 Å². The molecule has 0 saturated carbocycles. The second kappa shape index (κ2) is 10.8. The molecule has 2 aliphatic rings. The maximum absolute atomic E-state index is 13.4. The molecule has 1 fully saturated rings. The van der Waals surface area contributed by atoms with E-state index >= 15 is 0 Å². The SMILES string of the molecule is COc1cc(Cc2cnc(/N=C3\C(=O)N(CN4CCCC4)c4ccc(Cl)cc43)nc2N)cc(OC)c1OC. The third kappa shape index (κ3) is 4.97. The lowest BCUT2D eigenvalue weighted by Crippen LogP contribution is -2.39. The Morgan fingerprint density at radius 1 is 1.05 bits per heavy atom. The predicted molar refractivity (Wildman–Crippen MR) is 146 cm³/mol. The summed E-state index contributed by atoms with van der Waals surface area (Å²) < 4.78 is 16.3. The molecule has 10 nitrogen and oxygen atoms in total. The molecule has 0 unspecified atom stereocenters. The molecule has 1 amide bonds. The topological polar surface area (TPSA) is 115 Å². The summed E-state index contributed by atoms with van der Waals surface area (Å²) in [5.41, 5.74) is 9.55. The van der Waals surface area contributed by atoms with Crippen molar-refractivity contribution in [2.45, 2.75) is 19.3 Å². The number of hydrogen-bond acceptors (Lipinski definition) is 9. The van der Waals surface area contributed by atoms with Crippen molar-refractivity contribution in [3.05, 3.63) is 58.2 Å². The van der Waals surface area contributed by atoms with E-state index in [0.717, 1.165) is 37.2 Å². The van der Waals surface area contributed by atoms with E-state index in [2.05, 4.69) is 19.9 Å². The van der Waals surface area contributed by atoms with Crippen LogP contribution in [0.2, 0.25) is 5.02 Å². The Morgan fingerprint density at radius 3 is 2.39 bits per heavy atom. The van der Waals surface area contributed by atoms with Crippen molar-refractivity contribution in [2.24, 2.45) is 4.99 Å². The molecule has 0 spiro atoms. The van der Waals surface area contributed by atoms with Gasteiger partial charge in [-0.05, 0) is 61.8 Å². The van der Waals surface area contributed by atoms with Crippen molar-refractivity contribution in [3.63, 3.8) is 0 Å². The Balaban J connectivity index is 1.43. The minimum absolute atomic E-state index is 0.105. The van der Waals surface area contributed by atoms with E-state index in [9.17, 15) is 4.79 Å². The fourth-order valence-electron chi connectivity index (χ4n) is 4.82. The van der Waals surface area contributed by atoms with Crippen molar-refractivity contribution in [2.75, 3.05) is 51.7 Å². The van der Waals surface area contributed by atoms with Gasteiger partial charge in [0, 0.05) is 28.8 Å². The number of rotatable bonds is 8. The summed E-state index contributed by atoms with van der Waals surface area (Å²) in [4.78, 5) is 30.7. The largest absolute Gasteiger partial charge is 0.493 e. The average Bonchev–Trinajstić information content (AvgIpc) is 3.52. The number of nitrogens with zero attached hydrogens (tertiary/aromatic N) is 5. The first-order valence-corrected chi connectivity index (χ1v) is 12.6. The third-order valence-electron chi connectivity index (χ3n) is 6.71. The number of carbonyl (C=O) groups is 1. The summed E-state index contributed by atoms with van der Waals surface area (Å²) in [6.45, 7) is 2.43. The van der Waals surface area contributed by atoms with Crippen LogP contribution >= 0.6 is 11.6 Å². The molecule has 11 heteroatoms. The fourth-order valence-corrected chi connectivity index (χ4v) is 4.99. The number of nitrogens with two attached hydrogens (primary N) is 1. The predicted octanol–water partition coefficient (Wildman–Crippen LogP) is 3.85. The molecule has 2 aliphatic heterocycles. The van der Waals surface area contributed by atoms with E-state index in [0.29, 0.717) is 46.5 Å². The normalized spacial score (nSPS) is 16.3. The number of hydrogen-bond donors (Lipinski definition) is 1. The highest BCUT2D eigenvalue weighted by molar-refractivity contribution is 6.55. The molecule has 1 saturated heterocycles. The van der Waals surface area contributed by atoms with Crippen LogP contribution in [0.3, 0.4) is 0 Å². The third-order valence-corrected chi connectivity index (χ3v) is 6.94. The number of aromatic nitrogens is 2. The lowest BCUT2D eigenvalue weighted by atomic mass is 10.1. The number of ether oxygens (including phenoxy) is 3. The average molecular weight is 537 g/mol. The van der Waals surface area contributed by atoms with E-state index in [1.807, 2.05) is 18.2 Å². The van der Waals surface area contributed by atoms with Crippen LogP contribution in [0.5, 0.6) is 17.2 Å². The van der Waals surface area contributed by atoms with Crippen LogP contribution in [0.1, 0.15) is 29.5 Å². The minimum Gasteiger partial charge on any atom is -0.493 e. The van der Waals surface area contributed by atoms with E-state index in [1.54, 1.807) is 44.6 Å². The second-order valence-electron chi connectivity index (χ2n) is 9.11. The van der Waals surface area contributed by atoms with E-state index in [-0.39, 0.29) is 23.4 Å². The summed E-state index contributed by atoms with van der Waals surface area (Å²) in [6.07, 6.45) is 4.31. The summed E-state index contributed by atoms with van der Waals surface area (Å²) >= 11 is 6.27. The first-order valence-electron chi connectivity index (χ1n) is 12.2. The van der Waals surface area contributed by atoms with Gasteiger partial charge in [0.25, 0.3) is 11.9 Å². The van der Waals surface area contributed by atoms with Crippen LogP contribution < -0.4 is 24.8 Å². The van der Waals surface area contributed by atoms with Gasteiger partial charge >= 0.3 is 0 Å². The number of anilines is 2. The maximum Gasteiger partial charge on any atom is 0.278 e. The van der Waals surface area contributed by atoms with Crippen LogP contribution in [-0.4, -0.2) is 67.6 Å². The van der Waals surface area contributed by atoms with Gasteiger partial charge in [-0.3, -0.25) is 14.6 Å². The zero-order valence-electron chi connectivity index (χ0n) is 21.5. The van der Waals surface area contributed by atoms with Crippen molar-refractivity contribution in [1.82, 2.24) is 14.9 Å². The highest BCUT2D eigenvalue weighted by Gasteiger charge is 2.35. The zero-order valence-corrected chi connectivity index (χ0v) is 22.3. The first kappa shape index (κ1) is 25.7. The molecule has 0 radical (unpaired) electrons. The van der Waals surface area contributed by atoms with Crippen molar-refractivity contribution >= 4 is 40.7 Å². The Hall–Kier alpha value is -3.89. The summed E-state index contributed by atoms with van der Waals surface area (Å²) in [7, 11) is 4.68. The molecular weight excluding hydrogens is 508 g/mol. The lowest BCUT2D eigenvalue weighted by molar-refractivity contribution is -0.112. The van der Waals surface area contributed by atoms with Gasteiger partial charge in [0.1, 0.15) is 11.5 Å². The minimum atomic E-state index is -0.210. The Kier molecular flexibility index (Phi) is 7.35. The maximum atomic E-state index is 13.4. The van der Waals surface area contributed by atoms with E-state index in [1.165, 1.54) is 0 Å². The van der Waals surface area contributed by atoms with E-state index in [4.69, 9.17) is 31.5 Å². The van der Waals surface area contributed by atoms with Gasteiger partial charge in [0.2, 0.25) is 5.75 Å². The summed E-state index contributed by atoms with van der Waals surface area (Å²) in [5.74, 6) is 1.75. The number of likely N-dealkylation sites (tertiary alicyclic amines) is 1. The van der Waals surface area contributed by atoms with Crippen molar-refractivity contribution in [3.8, 4) is 17.2 Å². The van der Waals surface area contributed by atoms with E-state index < -0.39 is 0 Å². The standard InChI is InChI=1S/C27H29ClN6O4/c1-36-21-11-16(12-22(37-2)24(21)38-3)10-17-14-30-27(32-25(17)29)31-23-19-13-18(28)6-7-20(19)34(26(23)35)15-33-8-4-5-9-33/h6-7,11-14H,4-5,8-10,15H2,1-3H3,(H2,29,30,32)/b31-23-. The molecule has 2 N–H and O–H groups in total. The molecule has 1 aromatic heterocycles. The van der Waals surface area contributed by atoms with Gasteiger partial charge < -0.3 is 19.9 Å². The monoisotopic (exact) mass is 536 g/mol. The van der Waals surface area contributed by atoms with Crippen LogP contribution in [0.15, 0.2) is 41.5 Å². The van der Waals surface area contributed by atoms with Crippen LogP contribution in [0.25, 0.3) is 0 Å². The molecule has 0 bridgehead atoms. The van der Waals surface area contributed by atoms with Crippen LogP contribution in [-0.2, 0) is 11.2 Å². The molecular formula is C27H29ClN6O4. The Morgan fingerprint density at radius 2 is 1.76 bits per heavy atom. The molecule has 2 aromatic carbocycles. The zero-order chi connectivity index (χ0) is 26.8. The molecule has 5 rings (SSSR count). The summed E-state index contributed by atoms with van der Waals surface area (Å²) in [6, 6.07) is 9.08. The second-order valence-corrected chi connectivity index (χ2v) is 9.55. The number of nitrogen functional groups attached to an aromatic ring is 1. The highest BCUT2D eigenvalue weighted by atomic mass is 35.5.